The number of Topliss-reactive ketones (excluding diaryl/α,β-unsaturated/α-hetero) is 2. The number of fused-ring (bicyclic) bond motifs is 2. The molecule has 5 rings (SSSR count). The summed E-state index contributed by atoms with van der Waals surface area (Å²) < 4.78 is 30.9. The average Bonchev–Trinajstić information content (AvgIpc) is 3.47. The summed E-state index contributed by atoms with van der Waals surface area (Å²) in [5, 5.41) is 15.2. The Morgan fingerprint density at radius 3 is 2.41 bits per heavy atom. The van der Waals surface area contributed by atoms with Crippen LogP contribution in [0.5, 0.6) is 0 Å². The van der Waals surface area contributed by atoms with Gasteiger partial charge in [-0.3, -0.25) is 24.2 Å². The lowest BCUT2D eigenvalue weighted by molar-refractivity contribution is -0.292. The second-order valence-electron chi connectivity index (χ2n) is 16.7. The Labute approximate surface area is 329 Å². The molecule has 0 bridgehead atoms. The molecule has 56 heavy (non-hydrogen) atoms. The van der Waals surface area contributed by atoms with Gasteiger partial charge in [-0.15, -0.1) is 0 Å². The second-order valence-corrected chi connectivity index (χ2v) is 16.7. The Morgan fingerprint density at radius 2 is 1.73 bits per heavy atom. The highest BCUT2D eigenvalue weighted by Gasteiger charge is 2.57. The summed E-state index contributed by atoms with van der Waals surface area (Å²) in [6.07, 6.45) is -3.65. The molecule has 1 amide bonds. The van der Waals surface area contributed by atoms with E-state index in [0.29, 0.717) is 12.0 Å². The van der Waals surface area contributed by atoms with Gasteiger partial charge in [0.15, 0.2) is 12.1 Å². The Kier molecular flexibility index (Phi) is 13.3. The standard InChI is InChI=1S/C42H59N3O11/c1-11-32-42(8)29(18-33(46)55-42)24(4)34(47)22(2)19-41(7,56-40(51)44-21-27-17-28-14-12-13-15-30(28)43-20-27)37(25(5)35(48)26(6)38(50)53-32)54-39-36(49)31(45(9)10)16-23(3)52-39/h12-15,17,20,22-26,29,31-32,36-37,39,49H,11,16,18-19,21H2,1-10H3,(H,44,51)/t22-,23-,24-,25+,26-,29-,31+,32-,36-,37-,39+,41-,42+/m1/s1. The van der Waals surface area contributed by atoms with Gasteiger partial charge >= 0.3 is 18.0 Å². The van der Waals surface area contributed by atoms with Gasteiger partial charge in [0.2, 0.25) is 0 Å². The zero-order valence-electron chi connectivity index (χ0n) is 34.3. The molecule has 1 aromatic heterocycles. The number of pyridine rings is 1. The van der Waals surface area contributed by atoms with E-state index in [1.54, 1.807) is 47.7 Å². The molecular weight excluding hydrogens is 722 g/mol. The van der Waals surface area contributed by atoms with Gasteiger partial charge in [0, 0.05) is 47.8 Å². The van der Waals surface area contributed by atoms with Crippen LogP contribution in [0, 0.1) is 29.6 Å². The van der Waals surface area contributed by atoms with Crippen LogP contribution in [0.2, 0.25) is 0 Å². The molecule has 13 atom stereocenters. The quantitative estimate of drug-likeness (QED) is 0.223. The highest BCUT2D eigenvalue weighted by atomic mass is 16.7. The Morgan fingerprint density at radius 1 is 1.04 bits per heavy atom. The number of nitrogens with one attached hydrogen (secondary N) is 1. The van der Waals surface area contributed by atoms with E-state index in [-0.39, 0.29) is 43.7 Å². The zero-order valence-corrected chi connectivity index (χ0v) is 34.3. The van der Waals surface area contributed by atoms with Gasteiger partial charge < -0.3 is 39.0 Å². The van der Waals surface area contributed by atoms with Gasteiger partial charge in [0.05, 0.1) is 18.0 Å². The van der Waals surface area contributed by atoms with Crippen molar-refractivity contribution in [3.8, 4) is 0 Å². The van der Waals surface area contributed by atoms with Crippen molar-refractivity contribution in [3.05, 3.63) is 42.1 Å². The molecule has 1 aromatic carbocycles. The molecule has 2 N–H and O–H groups in total. The van der Waals surface area contributed by atoms with Gasteiger partial charge in [-0.25, -0.2) is 4.79 Å². The second kappa shape index (κ2) is 17.3. The van der Waals surface area contributed by atoms with Crippen LogP contribution in [-0.2, 0) is 49.4 Å². The summed E-state index contributed by atoms with van der Waals surface area (Å²) in [6.45, 7) is 13.4. The number of ketones is 2. The lowest BCUT2D eigenvalue weighted by Gasteiger charge is -2.47. The van der Waals surface area contributed by atoms with Crippen LogP contribution in [0.1, 0.15) is 86.6 Å². The maximum atomic E-state index is 14.4. The third-order valence-electron chi connectivity index (χ3n) is 12.2. The summed E-state index contributed by atoms with van der Waals surface area (Å²) >= 11 is 0. The molecular formula is C42H59N3O11. The molecule has 3 aliphatic rings. The van der Waals surface area contributed by atoms with Crippen LogP contribution >= 0.6 is 0 Å². The number of hydrogen-bond donors (Lipinski definition) is 2. The van der Waals surface area contributed by atoms with Crippen molar-refractivity contribution in [3.63, 3.8) is 0 Å². The molecule has 0 saturated carbocycles. The number of ether oxygens (including phenoxy) is 5. The molecule has 0 unspecified atom stereocenters. The highest BCUT2D eigenvalue weighted by Crippen LogP contribution is 2.45. The summed E-state index contributed by atoms with van der Waals surface area (Å²) in [4.78, 5) is 75.8. The van der Waals surface area contributed by atoms with Crippen molar-refractivity contribution in [1.82, 2.24) is 15.2 Å². The number of benzene rings is 1. The van der Waals surface area contributed by atoms with E-state index < -0.39 is 89.2 Å². The maximum Gasteiger partial charge on any atom is 0.408 e. The molecule has 3 fully saturated rings. The number of alkyl carbamates (subject to hydrolysis) is 1. The molecule has 14 nitrogen and oxygen atoms in total. The fraction of sp³-hybridized carbons (Fsp3) is 0.667. The van der Waals surface area contributed by atoms with Crippen molar-refractivity contribution < 1.29 is 52.8 Å². The fourth-order valence-electron chi connectivity index (χ4n) is 9.03. The summed E-state index contributed by atoms with van der Waals surface area (Å²) in [6, 6.07) is 9.11. The molecule has 14 heteroatoms. The molecule has 2 aromatic rings. The van der Waals surface area contributed by atoms with E-state index in [1.807, 2.05) is 56.3 Å². The number of carbonyl (C=O) groups excluding carboxylic acids is 5. The largest absolute Gasteiger partial charge is 0.458 e. The number of carbonyl (C=O) groups is 5. The molecule has 308 valence electrons. The predicted molar refractivity (Wildman–Crippen MR) is 205 cm³/mol. The van der Waals surface area contributed by atoms with E-state index >= 15 is 0 Å². The van der Waals surface area contributed by atoms with E-state index in [0.717, 1.165) is 10.9 Å². The van der Waals surface area contributed by atoms with Crippen molar-refractivity contribution in [2.45, 2.75) is 136 Å². The number of aromatic nitrogens is 1. The van der Waals surface area contributed by atoms with Crippen LogP contribution in [-0.4, -0.2) is 107 Å². The van der Waals surface area contributed by atoms with E-state index in [1.165, 1.54) is 6.92 Å². The predicted octanol–water partition coefficient (Wildman–Crippen LogP) is 4.76. The van der Waals surface area contributed by atoms with Crippen molar-refractivity contribution in [2.24, 2.45) is 29.6 Å². The van der Waals surface area contributed by atoms with E-state index in [4.69, 9.17) is 23.7 Å². The minimum atomic E-state index is -1.72. The van der Waals surface area contributed by atoms with Gasteiger partial charge in [-0.05, 0) is 78.7 Å². The number of aliphatic hydroxyl groups excluding tert-OH is 1. The van der Waals surface area contributed by atoms with Crippen LogP contribution in [0.4, 0.5) is 4.79 Å². The van der Waals surface area contributed by atoms with Crippen LogP contribution in [0.15, 0.2) is 36.5 Å². The number of nitrogens with zero attached hydrogens (tertiary/aromatic N) is 2. The first-order valence-electron chi connectivity index (χ1n) is 19.7. The van der Waals surface area contributed by atoms with Gasteiger partial charge in [0.1, 0.15) is 41.2 Å². The van der Waals surface area contributed by atoms with Gasteiger partial charge in [0.25, 0.3) is 0 Å². The monoisotopic (exact) mass is 781 g/mol. The number of hydrogen-bond acceptors (Lipinski definition) is 13. The third-order valence-corrected chi connectivity index (χ3v) is 12.2. The number of likely N-dealkylation sites (N-methyl/N-ethyl adjacent to an activating group) is 1. The number of rotatable bonds is 7. The first kappa shape index (κ1) is 43.1. The fourth-order valence-corrected chi connectivity index (χ4v) is 9.03. The molecule has 0 spiro atoms. The third kappa shape index (κ3) is 8.93. The first-order valence-corrected chi connectivity index (χ1v) is 19.7. The van der Waals surface area contributed by atoms with E-state index in [2.05, 4.69) is 10.3 Å². The molecule has 3 aliphatic heterocycles. The number of esters is 2. The minimum absolute atomic E-state index is 0.0561. The lowest BCUT2D eigenvalue weighted by Crippen LogP contribution is -2.60. The molecule has 3 saturated heterocycles. The summed E-state index contributed by atoms with van der Waals surface area (Å²) in [7, 11) is 3.66. The SMILES string of the molecule is CC[C@H]1OC(=O)[C@H](C)C(=O)[C@H](C)[C@@H](O[C@@H]2O[C@H](C)C[C@H](N(C)C)[C@H]2O)[C@](C)(OC(=O)NCc2cnc3ccccc3c2)C[C@@H](C)C(=O)[C@H](C)[C@H]2CC(=O)O[C@@]21C. The lowest BCUT2D eigenvalue weighted by atomic mass is 9.70. The van der Waals surface area contributed by atoms with Crippen molar-refractivity contribution in [2.75, 3.05) is 14.1 Å². The Hall–Kier alpha value is -3.98. The normalized spacial score (nSPS) is 37.4. The number of aliphatic hydroxyl groups is 1. The van der Waals surface area contributed by atoms with Crippen LogP contribution in [0.25, 0.3) is 10.9 Å². The average molecular weight is 782 g/mol. The van der Waals surface area contributed by atoms with Crippen molar-refractivity contribution >= 4 is 40.5 Å². The van der Waals surface area contributed by atoms with Crippen molar-refractivity contribution in [1.29, 1.82) is 0 Å². The maximum absolute atomic E-state index is 14.4. The first-order chi connectivity index (χ1) is 26.3. The number of para-hydroxylation sites is 1. The number of amides is 1. The molecule has 0 radical (unpaired) electrons. The molecule has 4 heterocycles. The highest BCUT2D eigenvalue weighted by molar-refractivity contribution is 6.00. The van der Waals surface area contributed by atoms with Gasteiger partial charge in [-0.1, -0.05) is 45.9 Å². The smallest absolute Gasteiger partial charge is 0.408 e. The Balaban J connectivity index is 1.56. The molecule has 0 aliphatic carbocycles. The number of cyclic esters (lactones) is 1. The zero-order chi connectivity index (χ0) is 41.3. The topological polar surface area (TPSA) is 180 Å². The summed E-state index contributed by atoms with van der Waals surface area (Å²) in [5.74, 6) is -6.82. The van der Waals surface area contributed by atoms with Crippen LogP contribution < -0.4 is 5.32 Å². The Bertz CT molecular complexity index is 1790. The minimum Gasteiger partial charge on any atom is -0.458 e. The summed E-state index contributed by atoms with van der Waals surface area (Å²) in [5.41, 5.74) is -1.54. The van der Waals surface area contributed by atoms with E-state index in [9.17, 15) is 29.1 Å². The van der Waals surface area contributed by atoms with Gasteiger partial charge in [-0.2, -0.15) is 0 Å². The van der Waals surface area contributed by atoms with Crippen LogP contribution in [0.3, 0.4) is 0 Å².